The Balaban J connectivity index is 1.39. The Labute approximate surface area is 183 Å². The third kappa shape index (κ3) is 4.61. The summed E-state index contributed by atoms with van der Waals surface area (Å²) in [4.78, 5) is 31.3. The number of amides is 2. The van der Waals surface area contributed by atoms with Crippen molar-refractivity contribution in [2.45, 2.75) is 0 Å². The molecule has 0 saturated carbocycles. The molecule has 0 aromatic heterocycles. The fourth-order valence-corrected chi connectivity index (χ4v) is 4.65. The molecule has 2 aromatic rings. The SMILES string of the molecule is O=C1SC(=Cc2ccc(Cl)cc2Cl)C(=O)N1CN1CCN(c2ccccc2)CC1. The lowest BCUT2D eigenvalue weighted by atomic mass is 10.2. The molecule has 29 heavy (non-hydrogen) atoms. The number of imide groups is 1. The minimum atomic E-state index is -0.281. The molecule has 0 spiro atoms. The molecule has 0 N–H and O–H groups in total. The first-order valence-electron chi connectivity index (χ1n) is 9.24. The van der Waals surface area contributed by atoms with E-state index in [1.54, 1.807) is 24.3 Å². The van der Waals surface area contributed by atoms with Gasteiger partial charge in [-0.3, -0.25) is 19.4 Å². The van der Waals surface area contributed by atoms with Gasteiger partial charge >= 0.3 is 0 Å². The minimum absolute atomic E-state index is 0.253. The number of hydrogen-bond acceptors (Lipinski definition) is 5. The molecule has 4 rings (SSSR count). The summed E-state index contributed by atoms with van der Waals surface area (Å²) in [5.41, 5.74) is 1.86. The van der Waals surface area contributed by atoms with Crippen LogP contribution < -0.4 is 4.90 Å². The molecule has 2 fully saturated rings. The maximum atomic E-state index is 12.8. The molecule has 2 aliphatic rings. The van der Waals surface area contributed by atoms with Gasteiger partial charge in [0.1, 0.15) is 0 Å². The van der Waals surface area contributed by atoms with E-state index < -0.39 is 0 Å². The standard InChI is InChI=1S/C21H19Cl2N3O2S/c22-16-7-6-15(18(23)13-16)12-19-20(27)26(21(28)29-19)14-24-8-10-25(11-9-24)17-4-2-1-3-5-17/h1-7,12-13H,8-11,14H2. The summed E-state index contributed by atoms with van der Waals surface area (Å²) < 4.78 is 0. The minimum Gasteiger partial charge on any atom is -0.369 e. The van der Waals surface area contributed by atoms with Crippen LogP contribution in [0, 0.1) is 0 Å². The van der Waals surface area contributed by atoms with Crippen LogP contribution in [0.1, 0.15) is 5.56 Å². The molecule has 0 radical (unpaired) electrons. The lowest BCUT2D eigenvalue weighted by molar-refractivity contribution is -0.124. The summed E-state index contributed by atoms with van der Waals surface area (Å²) >= 11 is 13.1. The molecule has 0 atom stereocenters. The summed E-state index contributed by atoms with van der Waals surface area (Å²) in [5.74, 6) is -0.281. The molecule has 5 nitrogen and oxygen atoms in total. The van der Waals surface area contributed by atoms with E-state index in [1.807, 2.05) is 18.2 Å². The first-order valence-corrected chi connectivity index (χ1v) is 10.8. The summed E-state index contributed by atoms with van der Waals surface area (Å²) in [7, 11) is 0. The first-order chi connectivity index (χ1) is 14.0. The molecule has 2 saturated heterocycles. The largest absolute Gasteiger partial charge is 0.369 e. The van der Waals surface area contributed by atoms with Gasteiger partial charge in [-0.25, -0.2) is 0 Å². The van der Waals surface area contributed by atoms with E-state index in [0.29, 0.717) is 27.2 Å². The van der Waals surface area contributed by atoms with Crippen LogP contribution >= 0.6 is 35.0 Å². The van der Waals surface area contributed by atoms with Crippen LogP contribution in [0.3, 0.4) is 0 Å². The van der Waals surface area contributed by atoms with Crippen LogP contribution in [-0.2, 0) is 4.79 Å². The van der Waals surface area contributed by atoms with Crippen LogP contribution in [0.4, 0.5) is 10.5 Å². The number of piperazine rings is 1. The lowest BCUT2D eigenvalue weighted by Crippen LogP contribution is -2.50. The van der Waals surface area contributed by atoms with E-state index in [2.05, 4.69) is 21.9 Å². The summed E-state index contributed by atoms with van der Waals surface area (Å²) in [6, 6.07) is 15.3. The van der Waals surface area contributed by atoms with E-state index in [0.717, 1.165) is 37.9 Å². The van der Waals surface area contributed by atoms with Crippen molar-refractivity contribution in [2.24, 2.45) is 0 Å². The Bertz CT molecular complexity index is 960. The molecule has 0 unspecified atom stereocenters. The van der Waals surface area contributed by atoms with Crippen LogP contribution in [0.15, 0.2) is 53.4 Å². The quantitative estimate of drug-likeness (QED) is 0.629. The maximum absolute atomic E-state index is 12.8. The molecular formula is C21H19Cl2N3O2S. The second-order valence-corrected chi connectivity index (χ2v) is 8.69. The average molecular weight is 448 g/mol. The molecule has 2 heterocycles. The van der Waals surface area contributed by atoms with Gasteiger partial charge in [0.2, 0.25) is 0 Å². The van der Waals surface area contributed by atoms with Gasteiger partial charge < -0.3 is 4.90 Å². The Hall–Kier alpha value is -1.99. The van der Waals surface area contributed by atoms with Crippen molar-refractivity contribution in [1.29, 1.82) is 0 Å². The number of benzene rings is 2. The summed E-state index contributed by atoms with van der Waals surface area (Å²) in [6.07, 6.45) is 1.65. The molecule has 150 valence electrons. The highest BCUT2D eigenvalue weighted by molar-refractivity contribution is 8.18. The van der Waals surface area contributed by atoms with Gasteiger partial charge in [0.25, 0.3) is 11.1 Å². The first kappa shape index (κ1) is 20.3. The average Bonchev–Trinajstić information content (AvgIpc) is 2.99. The number of halogens is 2. The van der Waals surface area contributed by atoms with E-state index in [9.17, 15) is 9.59 Å². The van der Waals surface area contributed by atoms with Gasteiger partial charge in [0.05, 0.1) is 11.6 Å². The van der Waals surface area contributed by atoms with E-state index >= 15 is 0 Å². The molecular weight excluding hydrogens is 429 g/mol. The number of carbonyl (C=O) groups excluding carboxylic acids is 2. The number of thioether (sulfide) groups is 1. The number of anilines is 1. The fraction of sp³-hybridized carbons (Fsp3) is 0.238. The predicted octanol–water partition coefficient (Wildman–Crippen LogP) is 4.81. The van der Waals surface area contributed by atoms with Crippen LogP contribution in [-0.4, -0.2) is 53.8 Å². The number of carbonyl (C=O) groups is 2. The highest BCUT2D eigenvalue weighted by Gasteiger charge is 2.36. The zero-order valence-electron chi connectivity index (χ0n) is 15.6. The summed E-state index contributed by atoms with van der Waals surface area (Å²) in [5, 5.41) is 0.716. The van der Waals surface area contributed by atoms with Gasteiger partial charge in [0, 0.05) is 41.9 Å². The second kappa shape index (κ2) is 8.79. The van der Waals surface area contributed by atoms with Crippen LogP contribution in [0.2, 0.25) is 10.0 Å². The number of hydrogen-bond donors (Lipinski definition) is 0. The van der Waals surface area contributed by atoms with Gasteiger partial charge in [-0.15, -0.1) is 0 Å². The number of para-hydroxylation sites is 1. The van der Waals surface area contributed by atoms with Crippen molar-refractivity contribution in [3.63, 3.8) is 0 Å². The van der Waals surface area contributed by atoms with Crippen molar-refractivity contribution in [2.75, 3.05) is 37.7 Å². The molecule has 0 aliphatic carbocycles. The lowest BCUT2D eigenvalue weighted by Gasteiger charge is -2.37. The van der Waals surface area contributed by atoms with Gasteiger partial charge in [-0.2, -0.15) is 0 Å². The Morgan fingerprint density at radius 3 is 2.38 bits per heavy atom. The van der Waals surface area contributed by atoms with Gasteiger partial charge in [0.15, 0.2) is 0 Å². The van der Waals surface area contributed by atoms with Gasteiger partial charge in [-0.1, -0.05) is 47.5 Å². The van der Waals surface area contributed by atoms with E-state index in [4.69, 9.17) is 23.2 Å². The van der Waals surface area contributed by atoms with Gasteiger partial charge in [-0.05, 0) is 47.7 Å². The topological polar surface area (TPSA) is 43.9 Å². The Morgan fingerprint density at radius 2 is 1.69 bits per heavy atom. The fourth-order valence-electron chi connectivity index (χ4n) is 3.37. The zero-order chi connectivity index (χ0) is 20.4. The smallest absolute Gasteiger partial charge is 0.294 e. The molecule has 0 bridgehead atoms. The third-order valence-corrected chi connectivity index (χ3v) is 6.43. The second-order valence-electron chi connectivity index (χ2n) is 6.86. The Kier molecular flexibility index (Phi) is 6.15. The van der Waals surface area contributed by atoms with Crippen molar-refractivity contribution >= 4 is 57.9 Å². The zero-order valence-corrected chi connectivity index (χ0v) is 17.9. The summed E-state index contributed by atoms with van der Waals surface area (Å²) in [6.45, 7) is 3.60. The van der Waals surface area contributed by atoms with Crippen molar-refractivity contribution in [3.05, 3.63) is 69.0 Å². The maximum Gasteiger partial charge on any atom is 0.294 e. The molecule has 2 amide bonds. The molecule has 2 aromatic carbocycles. The third-order valence-electron chi connectivity index (χ3n) is 4.96. The molecule has 2 aliphatic heterocycles. The monoisotopic (exact) mass is 447 g/mol. The highest BCUT2D eigenvalue weighted by Crippen LogP contribution is 2.34. The van der Waals surface area contributed by atoms with E-state index in [-0.39, 0.29) is 11.1 Å². The van der Waals surface area contributed by atoms with Crippen LogP contribution in [0.25, 0.3) is 6.08 Å². The normalized spacial score (nSPS) is 19.4. The highest BCUT2D eigenvalue weighted by atomic mass is 35.5. The number of nitrogens with zero attached hydrogens (tertiary/aromatic N) is 3. The molecule has 8 heteroatoms. The van der Waals surface area contributed by atoms with Crippen LogP contribution in [0.5, 0.6) is 0 Å². The number of rotatable bonds is 4. The van der Waals surface area contributed by atoms with E-state index in [1.165, 1.54) is 10.6 Å². The predicted molar refractivity (Wildman–Crippen MR) is 119 cm³/mol. The Morgan fingerprint density at radius 1 is 0.966 bits per heavy atom. The van der Waals surface area contributed by atoms with Crippen molar-refractivity contribution < 1.29 is 9.59 Å². The van der Waals surface area contributed by atoms with Crippen molar-refractivity contribution in [3.8, 4) is 0 Å². The van der Waals surface area contributed by atoms with Crippen molar-refractivity contribution in [1.82, 2.24) is 9.80 Å².